The molecule has 0 aliphatic heterocycles. The molecule has 0 aliphatic rings. The van der Waals surface area contributed by atoms with E-state index in [4.69, 9.17) is 9.72 Å². The van der Waals surface area contributed by atoms with Crippen LogP contribution in [0.5, 0.6) is 5.75 Å². The minimum Gasteiger partial charge on any atom is -0.486 e. The van der Waals surface area contributed by atoms with Gasteiger partial charge in [0.25, 0.3) is 0 Å². The van der Waals surface area contributed by atoms with Gasteiger partial charge in [-0.1, -0.05) is 36.4 Å². The van der Waals surface area contributed by atoms with Crippen LogP contribution < -0.4 is 10.1 Å². The summed E-state index contributed by atoms with van der Waals surface area (Å²) in [6, 6.07) is 18.0. The Kier molecular flexibility index (Phi) is 5.36. The lowest BCUT2D eigenvalue weighted by molar-refractivity contribution is 0.242. The first-order chi connectivity index (χ1) is 14.6. The van der Waals surface area contributed by atoms with Crippen molar-refractivity contribution in [3.63, 3.8) is 0 Å². The number of fused-ring (bicyclic) bond motifs is 1. The Morgan fingerprint density at radius 2 is 1.93 bits per heavy atom. The van der Waals surface area contributed by atoms with Gasteiger partial charge >= 0.3 is 0 Å². The SMILES string of the molecule is Cc1[nH]c2cccc(C#N)c2c1-c1ncc(OC(C)C)c(NCc2ccccc2)n1. The Morgan fingerprint density at radius 3 is 2.67 bits per heavy atom. The van der Waals surface area contributed by atoms with Crippen molar-refractivity contribution in [2.24, 2.45) is 0 Å². The predicted octanol–water partition coefficient (Wildman–Crippen LogP) is 5.20. The van der Waals surface area contributed by atoms with Crippen LogP contribution in [0.3, 0.4) is 0 Å². The maximum absolute atomic E-state index is 9.59. The molecule has 0 aliphatic carbocycles. The Bertz CT molecular complexity index is 1220. The lowest BCUT2D eigenvalue weighted by atomic mass is 10.1. The van der Waals surface area contributed by atoms with Crippen LogP contribution >= 0.6 is 0 Å². The first-order valence-electron chi connectivity index (χ1n) is 9.90. The van der Waals surface area contributed by atoms with Gasteiger partial charge < -0.3 is 15.0 Å². The van der Waals surface area contributed by atoms with Gasteiger partial charge in [-0.05, 0) is 38.5 Å². The number of ether oxygens (including phenoxy) is 1. The van der Waals surface area contributed by atoms with Crippen molar-refractivity contribution >= 4 is 16.7 Å². The van der Waals surface area contributed by atoms with Crippen molar-refractivity contribution in [1.82, 2.24) is 15.0 Å². The van der Waals surface area contributed by atoms with Gasteiger partial charge in [0.15, 0.2) is 17.4 Å². The smallest absolute Gasteiger partial charge is 0.180 e. The van der Waals surface area contributed by atoms with Crippen LogP contribution in [-0.2, 0) is 6.54 Å². The van der Waals surface area contributed by atoms with E-state index >= 15 is 0 Å². The molecule has 0 spiro atoms. The third kappa shape index (κ3) is 3.83. The molecular weight excluding hydrogens is 374 g/mol. The number of nitrogens with one attached hydrogen (secondary N) is 2. The van der Waals surface area contributed by atoms with Crippen LogP contribution in [0.15, 0.2) is 54.7 Å². The molecule has 4 aromatic rings. The van der Waals surface area contributed by atoms with Gasteiger partial charge in [-0.25, -0.2) is 9.97 Å². The number of nitriles is 1. The number of hydrogen-bond donors (Lipinski definition) is 2. The van der Waals surface area contributed by atoms with E-state index in [2.05, 4.69) is 33.5 Å². The molecule has 0 fully saturated rings. The molecule has 30 heavy (non-hydrogen) atoms. The quantitative estimate of drug-likeness (QED) is 0.467. The number of aromatic nitrogens is 3. The summed E-state index contributed by atoms with van der Waals surface area (Å²) in [5, 5.41) is 13.8. The third-order valence-corrected chi connectivity index (χ3v) is 4.78. The topological polar surface area (TPSA) is 86.6 Å². The van der Waals surface area contributed by atoms with Crippen LogP contribution in [0.2, 0.25) is 0 Å². The van der Waals surface area contributed by atoms with Crippen molar-refractivity contribution in [2.45, 2.75) is 33.4 Å². The highest BCUT2D eigenvalue weighted by Gasteiger charge is 2.18. The molecule has 0 bridgehead atoms. The molecule has 0 radical (unpaired) electrons. The molecule has 0 amide bonds. The molecule has 2 aromatic heterocycles. The zero-order valence-electron chi connectivity index (χ0n) is 17.2. The van der Waals surface area contributed by atoms with E-state index in [9.17, 15) is 5.26 Å². The van der Waals surface area contributed by atoms with Crippen molar-refractivity contribution in [2.75, 3.05) is 5.32 Å². The summed E-state index contributed by atoms with van der Waals surface area (Å²) in [4.78, 5) is 12.7. The molecule has 0 saturated heterocycles. The second kappa shape index (κ2) is 8.26. The lowest BCUT2D eigenvalue weighted by Gasteiger charge is -2.15. The summed E-state index contributed by atoms with van der Waals surface area (Å²) in [5.41, 5.74) is 4.38. The summed E-state index contributed by atoms with van der Waals surface area (Å²) in [5.74, 6) is 1.77. The molecule has 2 heterocycles. The Hall–Kier alpha value is -3.85. The van der Waals surface area contributed by atoms with Crippen LogP contribution in [-0.4, -0.2) is 21.1 Å². The third-order valence-electron chi connectivity index (χ3n) is 4.78. The fourth-order valence-corrected chi connectivity index (χ4v) is 3.49. The van der Waals surface area contributed by atoms with Crippen LogP contribution in [0.4, 0.5) is 5.82 Å². The number of aryl methyl sites for hydroxylation is 1. The lowest BCUT2D eigenvalue weighted by Crippen LogP contribution is -2.11. The summed E-state index contributed by atoms with van der Waals surface area (Å²) in [6.07, 6.45) is 1.69. The summed E-state index contributed by atoms with van der Waals surface area (Å²) in [6.45, 7) is 6.52. The second-order valence-corrected chi connectivity index (χ2v) is 7.38. The highest BCUT2D eigenvalue weighted by atomic mass is 16.5. The van der Waals surface area contributed by atoms with Gasteiger partial charge in [0, 0.05) is 28.7 Å². The summed E-state index contributed by atoms with van der Waals surface area (Å²) < 4.78 is 5.92. The zero-order valence-corrected chi connectivity index (χ0v) is 17.2. The van der Waals surface area contributed by atoms with Gasteiger partial charge in [-0.3, -0.25) is 0 Å². The summed E-state index contributed by atoms with van der Waals surface area (Å²) in [7, 11) is 0. The molecule has 2 N–H and O–H groups in total. The highest BCUT2D eigenvalue weighted by Crippen LogP contribution is 2.34. The van der Waals surface area contributed by atoms with E-state index in [1.807, 2.05) is 57.2 Å². The van der Waals surface area contributed by atoms with E-state index in [-0.39, 0.29) is 6.10 Å². The van der Waals surface area contributed by atoms with E-state index in [0.29, 0.717) is 29.5 Å². The number of nitrogens with zero attached hydrogens (tertiary/aromatic N) is 3. The van der Waals surface area contributed by atoms with Crippen LogP contribution in [0, 0.1) is 18.3 Å². The Balaban J connectivity index is 1.79. The van der Waals surface area contributed by atoms with Crippen LogP contribution in [0.1, 0.15) is 30.7 Å². The highest BCUT2D eigenvalue weighted by molar-refractivity contribution is 5.99. The molecule has 2 aromatic carbocycles. The van der Waals surface area contributed by atoms with Gasteiger partial charge in [0.2, 0.25) is 0 Å². The first kappa shape index (κ1) is 19.5. The molecule has 150 valence electrons. The van der Waals surface area contributed by atoms with Gasteiger partial charge in [-0.2, -0.15) is 5.26 Å². The number of H-pyrrole nitrogens is 1. The standard InChI is InChI=1S/C24H23N5O/c1-15(2)30-20-14-27-24(29-23(20)26-13-17-8-5-4-6-9-17)21-16(3)28-19-11-7-10-18(12-25)22(19)21/h4-11,14-15,28H,13H2,1-3H3,(H,26,27,29). The molecule has 6 heteroatoms. The van der Waals surface area contributed by atoms with Gasteiger partial charge in [0.05, 0.1) is 23.9 Å². The fraction of sp³-hybridized carbons (Fsp3) is 0.208. The van der Waals surface area contributed by atoms with Crippen molar-refractivity contribution in [1.29, 1.82) is 5.26 Å². The average Bonchev–Trinajstić information content (AvgIpc) is 3.09. The Morgan fingerprint density at radius 1 is 1.13 bits per heavy atom. The minimum atomic E-state index is -0.00302. The number of rotatable bonds is 6. The zero-order chi connectivity index (χ0) is 21.1. The minimum absolute atomic E-state index is 0.00302. The van der Waals surface area contributed by atoms with E-state index in [1.165, 1.54) is 0 Å². The average molecular weight is 397 g/mol. The van der Waals surface area contributed by atoms with Crippen molar-refractivity contribution in [3.8, 4) is 23.2 Å². The van der Waals surface area contributed by atoms with Crippen molar-refractivity contribution in [3.05, 3.63) is 71.5 Å². The fourth-order valence-electron chi connectivity index (χ4n) is 3.49. The summed E-state index contributed by atoms with van der Waals surface area (Å²) >= 11 is 0. The monoisotopic (exact) mass is 397 g/mol. The van der Waals surface area contributed by atoms with E-state index in [0.717, 1.165) is 27.7 Å². The van der Waals surface area contributed by atoms with Crippen LogP contribution in [0.25, 0.3) is 22.3 Å². The Labute approximate surface area is 175 Å². The number of aromatic amines is 1. The molecule has 0 atom stereocenters. The number of benzene rings is 2. The number of hydrogen-bond acceptors (Lipinski definition) is 5. The van der Waals surface area contributed by atoms with E-state index < -0.39 is 0 Å². The molecule has 0 unspecified atom stereocenters. The maximum atomic E-state index is 9.59. The number of anilines is 1. The maximum Gasteiger partial charge on any atom is 0.180 e. The molecule has 0 saturated carbocycles. The first-order valence-corrected chi connectivity index (χ1v) is 9.90. The normalized spacial score (nSPS) is 10.9. The molecule has 4 rings (SSSR count). The van der Waals surface area contributed by atoms with Crippen molar-refractivity contribution < 1.29 is 4.74 Å². The largest absolute Gasteiger partial charge is 0.486 e. The van der Waals surface area contributed by atoms with Gasteiger partial charge in [-0.15, -0.1) is 0 Å². The predicted molar refractivity (Wildman–Crippen MR) is 118 cm³/mol. The molecular formula is C24H23N5O. The van der Waals surface area contributed by atoms with Gasteiger partial charge in [0.1, 0.15) is 0 Å². The second-order valence-electron chi connectivity index (χ2n) is 7.38. The molecule has 6 nitrogen and oxygen atoms in total. The van der Waals surface area contributed by atoms with E-state index in [1.54, 1.807) is 6.20 Å².